The predicted octanol–water partition coefficient (Wildman–Crippen LogP) is 1.22. The molecule has 138 valence electrons. The molecule has 0 saturated carbocycles. The number of nitrogens with zero attached hydrogens (tertiary/aromatic N) is 2. The van der Waals surface area contributed by atoms with E-state index in [-0.39, 0.29) is 18.2 Å². The second-order valence-corrected chi connectivity index (χ2v) is 6.56. The van der Waals surface area contributed by atoms with Crippen LogP contribution in [0.4, 0.5) is 5.69 Å². The Morgan fingerprint density at radius 3 is 2.76 bits per heavy atom. The molecule has 2 unspecified atom stereocenters. The minimum atomic E-state index is -1.18. The molecule has 1 aliphatic rings. The van der Waals surface area contributed by atoms with E-state index < -0.39 is 35.1 Å². The smallest absolute Gasteiger partial charge is 0.330 e. The Kier molecular flexibility index (Phi) is 5.55. The third kappa shape index (κ3) is 5.62. The average Bonchev–Trinajstić information content (AvgIpc) is 3.18. The number of hydrogen-bond donors (Lipinski definition) is 2. The second-order valence-electron chi connectivity index (χ2n) is 6.56. The molecule has 1 fully saturated rings. The first-order valence-electron chi connectivity index (χ1n) is 7.64. The number of rotatable bonds is 8. The molecular formula is C15H21N3O7. The van der Waals surface area contributed by atoms with Crippen molar-refractivity contribution in [1.82, 2.24) is 10.3 Å². The lowest BCUT2D eigenvalue weighted by Gasteiger charge is -2.18. The highest BCUT2D eigenvalue weighted by Gasteiger charge is 2.45. The standard InChI is InChI=1S/C15H21N3O7/c1-8-5-6-10(18(21)22)11(16-8)23-7-9(13(19)20)17-12-14(24-12)25-15(2,3)4/h5-6,9,12,14,17H,7H2,1-4H3,(H,19,20)/t9-,12?,14?/m0/s1. The van der Waals surface area contributed by atoms with Gasteiger partial charge in [0.2, 0.25) is 0 Å². The van der Waals surface area contributed by atoms with E-state index in [2.05, 4.69) is 10.3 Å². The molecule has 1 saturated heterocycles. The molecule has 0 spiro atoms. The summed E-state index contributed by atoms with van der Waals surface area (Å²) >= 11 is 0. The molecule has 2 rings (SSSR count). The van der Waals surface area contributed by atoms with Crippen LogP contribution >= 0.6 is 0 Å². The summed E-state index contributed by atoms with van der Waals surface area (Å²) in [6.07, 6.45) is -1.13. The van der Waals surface area contributed by atoms with Gasteiger partial charge in [0, 0.05) is 11.8 Å². The lowest BCUT2D eigenvalue weighted by atomic mass is 10.2. The molecule has 10 nitrogen and oxygen atoms in total. The second kappa shape index (κ2) is 7.30. The third-order valence-corrected chi connectivity index (χ3v) is 3.15. The highest BCUT2D eigenvalue weighted by molar-refractivity contribution is 5.73. The van der Waals surface area contributed by atoms with Gasteiger partial charge < -0.3 is 19.3 Å². The number of aliphatic carboxylic acids is 1. The minimum Gasteiger partial charge on any atom is -0.480 e. The number of ether oxygens (including phenoxy) is 3. The fourth-order valence-electron chi connectivity index (χ4n) is 1.98. The topological polar surface area (TPSA) is 136 Å². The van der Waals surface area contributed by atoms with Crippen LogP contribution in [0, 0.1) is 17.0 Å². The number of pyridine rings is 1. The van der Waals surface area contributed by atoms with Crippen LogP contribution in [0.2, 0.25) is 0 Å². The van der Waals surface area contributed by atoms with E-state index in [0.29, 0.717) is 5.69 Å². The first-order chi connectivity index (χ1) is 11.6. The summed E-state index contributed by atoms with van der Waals surface area (Å²) in [6, 6.07) is 1.60. The molecule has 3 atom stereocenters. The van der Waals surface area contributed by atoms with E-state index in [4.69, 9.17) is 14.2 Å². The number of aromatic nitrogens is 1. The van der Waals surface area contributed by atoms with Crippen molar-refractivity contribution < 1.29 is 29.0 Å². The highest BCUT2D eigenvalue weighted by atomic mass is 16.8. The van der Waals surface area contributed by atoms with Crippen LogP contribution in [0.1, 0.15) is 26.5 Å². The number of nitrogens with one attached hydrogen (secondary N) is 1. The molecule has 2 heterocycles. The monoisotopic (exact) mass is 355 g/mol. The summed E-state index contributed by atoms with van der Waals surface area (Å²) < 4.78 is 16.1. The van der Waals surface area contributed by atoms with E-state index in [0.717, 1.165) is 0 Å². The van der Waals surface area contributed by atoms with Gasteiger partial charge in [-0.2, -0.15) is 0 Å². The van der Waals surface area contributed by atoms with Gasteiger partial charge in [-0.05, 0) is 33.8 Å². The average molecular weight is 355 g/mol. The van der Waals surface area contributed by atoms with Gasteiger partial charge in [-0.25, -0.2) is 4.98 Å². The summed E-state index contributed by atoms with van der Waals surface area (Å²) in [5.74, 6) is -1.41. The van der Waals surface area contributed by atoms with Crippen LogP contribution in [0.5, 0.6) is 5.88 Å². The van der Waals surface area contributed by atoms with Gasteiger partial charge in [0.05, 0.1) is 10.5 Å². The summed E-state index contributed by atoms with van der Waals surface area (Å²) in [4.78, 5) is 25.7. The van der Waals surface area contributed by atoms with E-state index in [1.165, 1.54) is 12.1 Å². The number of hydrogen-bond acceptors (Lipinski definition) is 8. The van der Waals surface area contributed by atoms with Gasteiger partial charge >= 0.3 is 11.7 Å². The van der Waals surface area contributed by atoms with Gasteiger partial charge in [0.15, 0.2) is 12.5 Å². The van der Waals surface area contributed by atoms with Crippen molar-refractivity contribution in [3.63, 3.8) is 0 Å². The fourth-order valence-corrected chi connectivity index (χ4v) is 1.98. The first kappa shape index (κ1) is 19.0. The highest BCUT2D eigenvalue weighted by Crippen LogP contribution is 2.27. The Morgan fingerprint density at radius 2 is 2.20 bits per heavy atom. The molecule has 10 heteroatoms. The number of epoxide rings is 1. The zero-order valence-electron chi connectivity index (χ0n) is 14.4. The third-order valence-electron chi connectivity index (χ3n) is 3.15. The zero-order valence-corrected chi connectivity index (χ0v) is 14.4. The lowest BCUT2D eigenvalue weighted by molar-refractivity contribution is -0.386. The Labute approximate surface area is 144 Å². The van der Waals surface area contributed by atoms with Crippen LogP contribution in [0.15, 0.2) is 12.1 Å². The largest absolute Gasteiger partial charge is 0.480 e. The summed E-state index contributed by atoms with van der Waals surface area (Å²) in [5, 5.41) is 23.0. The summed E-state index contributed by atoms with van der Waals surface area (Å²) in [7, 11) is 0. The molecule has 0 aromatic carbocycles. The van der Waals surface area contributed by atoms with Crippen molar-refractivity contribution in [3.05, 3.63) is 27.9 Å². The molecule has 1 aliphatic heterocycles. The number of carboxylic acids is 1. The van der Waals surface area contributed by atoms with Crippen LogP contribution in [-0.2, 0) is 14.3 Å². The van der Waals surface area contributed by atoms with Gasteiger partial charge in [0.1, 0.15) is 12.6 Å². The van der Waals surface area contributed by atoms with Gasteiger partial charge in [-0.15, -0.1) is 0 Å². The number of carbonyl (C=O) groups is 1. The zero-order chi connectivity index (χ0) is 18.8. The van der Waals surface area contributed by atoms with Crippen LogP contribution < -0.4 is 10.1 Å². The van der Waals surface area contributed by atoms with Crippen molar-refractivity contribution in [1.29, 1.82) is 0 Å². The van der Waals surface area contributed by atoms with Crippen molar-refractivity contribution >= 4 is 11.7 Å². The van der Waals surface area contributed by atoms with E-state index in [1.54, 1.807) is 6.92 Å². The fraction of sp³-hybridized carbons (Fsp3) is 0.600. The molecule has 0 bridgehead atoms. The molecular weight excluding hydrogens is 334 g/mol. The van der Waals surface area contributed by atoms with E-state index >= 15 is 0 Å². The normalized spacial score (nSPS) is 20.8. The van der Waals surface area contributed by atoms with E-state index in [1.807, 2.05) is 20.8 Å². The quantitative estimate of drug-likeness (QED) is 0.400. The molecule has 0 aliphatic carbocycles. The van der Waals surface area contributed by atoms with Gasteiger partial charge in [0.25, 0.3) is 5.88 Å². The van der Waals surface area contributed by atoms with Crippen molar-refractivity contribution in [2.75, 3.05) is 6.61 Å². The minimum absolute atomic E-state index is 0.225. The van der Waals surface area contributed by atoms with Crippen molar-refractivity contribution in [2.45, 2.75) is 51.9 Å². The SMILES string of the molecule is Cc1ccc([N+](=O)[O-])c(OC[C@H](NC2OC2OC(C)(C)C)C(=O)O)n1. The van der Waals surface area contributed by atoms with Crippen LogP contribution in [-0.4, -0.2) is 51.8 Å². The number of nitro groups is 1. The van der Waals surface area contributed by atoms with E-state index in [9.17, 15) is 20.0 Å². The molecule has 25 heavy (non-hydrogen) atoms. The molecule has 0 amide bonds. The number of carboxylic acid groups (broad SMARTS) is 1. The first-order valence-corrected chi connectivity index (χ1v) is 7.64. The Bertz CT molecular complexity index is 659. The summed E-state index contributed by atoms with van der Waals surface area (Å²) in [6.45, 7) is 6.86. The predicted molar refractivity (Wildman–Crippen MR) is 85.2 cm³/mol. The lowest BCUT2D eigenvalue weighted by Crippen LogP contribution is -2.44. The summed E-state index contributed by atoms with van der Waals surface area (Å²) in [5.41, 5.74) is -0.237. The van der Waals surface area contributed by atoms with Crippen LogP contribution in [0.25, 0.3) is 0 Å². The maximum absolute atomic E-state index is 11.4. The Balaban J connectivity index is 1.96. The molecule has 0 radical (unpaired) electrons. The van der Waals surface area contributed by atoms with Gasteiger partial charge in [-0.3, -0.25) is 20.2 Å². The maximum atomic E-state index is 11.4. The van der Waals surface area contributed by atoms with Gasteiger partial charge in [-0.1, -0.05) is 0 Å². The molecule has 1 aromatic heterocycles. The van der Waals surface area contributed by atoms with Crippen molar-refractivity contribution in [2.24, 2.45) is 0 Å². The number of aryl methyl sites for hydroxylation is 1. The van der Waals surface area contributed by atoms with Crippen molar-refractivity contribution in [3.8, 4) is 5.88 Å². The molecule has 1 aromatic rings. The molecule has 2 N–H and O–H groups in total. The maximum Gasteiger partial charge on any atom is 0.330 e. The Hall–Kier alpha value is -2.30. The Morgan fingerprint density at radius 1 is 1.52 bits per heavy atom. The van der Waals surface area contributed by atoms with Crippen LogP contribution in [0.3, 0.4) is 0 Å².